The van der Waals surface area contributed by atoms with E-state index in [1.54, 1.807) is 0 Å². The summed E-state index contributed by atoms with van der Waals surface area (Å²) in [6.45, 7) is 0. The highest BCUT2D eigenvalue weighted by atomic mass is 79.9. The molecule has 16 heavy (non-hydrogen) atoms. The molecule has 0 radical (unpaired) electrons. The summed E-state index contributed by atoms with van der Waals surface area (Å²) in [7, 11) is 1.97. The zero-order valence-corrected chi connectivity index (χ0v) is 11.4. The fourth-order valence-corrected chi connectivity index (χ4v) is 3.30. The highest BCUT2D eigenvalue weighted by molar-refractivity contribution is 9.10. The van der Waals surface area contributed by atoms with Crippen molar-refractivity contribution in [3.8, 4) is 0 Å². The van der Waals surface area contributed by atoms with Crippen LogP contribution in [0.5, 0.6) is 0 Å². The maximum atomic E-state index is 6.39. The molecular weight excluding hydrogens is 266 g/mol. The fraction of sp³-hybridized carbons (Fsp3) is 0.750. The van der Waals surface area contributed by atoms with Gasteiger partial charge in [0.1, 0.15) is 0 Å². The first kappa shape index (κ1) is 12.1. The topological polar surface area (TPSA) is 43.8 Å². The van der Waals surface area contributed by atoms with E-state index in [0.29, 0.717) is 5.92 Å². The van der Waals surface area contributed by atoms with Gasteiger partial charge in [0.05, 0.1) is 22.4 Å². The van der Waals surface area contributed by atoms with Crippen LogP contribution in [-0.4, -0.2) is 9.78 Å². The molecule has 3 nitrogen and oxygen atoms in total. The van der Waals surface area contributed by atoms with E-state index in [9.17, 15) is 0 Å². The fourth-order valence-electron chi connectivity index (χ4n) is 2.69. The van der Waals surface area contributed by atoms with Crippen LogP contribution in [0, 0.1) is 5.92 Å². The van der Waals surface area contributed by atoms with Gasteiger partial charge in [-0.05, 0) is 34.7 Å². The number of aryl methyl sites for hydroxylation is 1. The SMILES string of the molecule is Cn1ncc(Br)c1C(N)C1CCCCCC1. The van der Waals surface area contributed by atoms with Gasteiger partial charge in [0.15, 0.2) is 0 Å². The molecule has 0 spiro atoms. The lowest BCUT2D eigenvalue weighted by Gasteiger charge is -2.22. The number of nitrogens with zero attached hydrogens (tertiary/aromatic N) is 2. The number of aromatic nitrogens is 2. The van der Waals surface area contributed by atoms with Gasteiger partial charge in [-0.25, -0.2) is 0 Å². The average Bonchev–Trinajstić information content (AvgIpc) is 2.51. The predicted octanol–water partition coefficient (Wildman–Crippen LogP) is 3.15. The summed E-state index contributed by atoms with van der Waals surface area (Å²) in [6, 6.07) is 0.125. The van der Waals surface area contributed by atoms with Crippen LogP contribution in [-0.2, 0) is 7.05 Å². The standard InChI is InChI=1S/C12H20BrN3/c1-16-12(10(13)8-15-16)11(14)9-6-4-2-3-5-7-9/h8-9,11H,2-7,14H2,1H3. The summed E-state index contributed by atoms with van der Waals surface area (Å²) >= 11 is 3.54. The van der Waals surface area contributed by atoms with E-state index in [2.05, 4.69) is 21.0 Å². The van der Waals surface area contributed by atoms with Gasteiger partial charge in [0.2, 0.25) is 0 Å². The van der Waals surface area contributed by atoms with E-state index >= 15 is 0 Å². The van der Waals surface area contributed by atoms with Crippen molar-refractivity contribution in [1.82, 2.24) is 9.78 Å². The van der Waals surface area contributed by atoms with E-state index in [1.807, 2.05) is 17.9 Å². The Bertz CT molecular complexity index is 321. The molecule has 1 aromatic rings. The highest BCUT2D eigenvalue weighted by Crippen LogP contribution is 2.34. The predicted molar refractivity (Wildman–Crippen MR) is 69.0 cm³/mol. The zero-order chi connectivity index (χ0) is 11.5. The molecule has 1 aliphatic carbocycles. The van der Waals surface area contributed by atoms with Crippen LogP contribution in [0.3, 0.4) is 0 Å². The molecule has 0 amide bonds. The van der Waals surface area contributed by atoms with E-state index in [0.717, 1.165) is 10.2 Å². The van der Waals surface area contributed by atoms with Crippen molar-refractivity contribution in [3.05, 3.63) is 16.4 Å². The van der Waals surface area contributed by atoms with Crippen LogP contribution >= 0.6 is 15.9 Å². The third-order valence-corrected chi connectivity index (χ3v) is 4.27. The smallest absolute Gasteiger partial charge is 0.0692 e. The monoisotopic (exact) mass is 285 g/mol. The Hall–Kier alpha value is -0.350. The Kier molecular flexibility index (Phi) is 4.03. The Morgan fingerprint density at radius 2 is 2.00 bits per heavy atom. The maximum Gasteiger partial charge on any atom is 0.0692 e. The lowest BCUT2D eigenvalue weighted by atomic mass is 9.90. The van der Waals surface area contributed by atoms with Crippen LogP contribution in [0.2, 0.25) is 0 Å². The first-order valence-electron chi connectivity index (χ1n) is 6.13. The molecule has 1 unspecified atom stereocenters. The number of halogens is 1. The van der Waals surface area contributed by atoms with Gasteiger partial charge in [-0.1, -0.05) is 25.7 Å². The molecule has 0 bridgehead atoms. The molecule has 1 fully saturated rings. The van der Waals surface area contributed by atoms with Crippen molar-refractivity contribution in [2.45, 2.75) is 44.6 Å². The van der Waals surface area contributed by atoms with Crippen molar-refractivity contribution in [1.29, 1.82) is 0 Å². The van der Waals surface area contributed by atoms with Crippen molar-refractivity contribution in [2.24, 2.45) is 18.7 Å². The average molecular weight is 286 g/mol. The van der Waals surface area contributed by atoms with Gasteiger partial charge in [-0.3, -0.25) is 4.68 Å². The third-order valence-electron chi connectivity index (χ3n) is 3.66. The molecule has 2 N–H and O–H groups in total. The molecule has 0 aromatic carbocycles. The molecule has 0 aliphatic heterocycles. The van der Waals surface area contributed by atoms with Gasteiger partial charge in [0.25, 0.3) is 0 Å². The molecule has 1 aromatic heterocycles. The molecule has 1 atom stereocenters. The second-order valence-electron chi connectivity index (χ2n) is 4.78. The normalized spacial score (nSPS) is 20.7. The quantitative estimate of drug-likeness (QED) is 0.849. The molecule has 4 heteroatoms. The maximum absolute atomic E-state index is 6.39. The van der Waals surface area contributed by atoms with Gasteiger partial charge >= 0.3 is 0 Å². The number of rotatable bonds is 2. The van der Waals surface area contributed by atoms with Gasteiger partial charge in [0, 0.05) is 7.05 Å². The van der Waals surface area contributed by atoms with Crippen LogP contribution in [0.1, 0.15) is 50.3 Å². The van der Waals surface area contributed by atoms with Crippen LogP contribution < -0.4 is 5.73 Å². The third kappa shape index (κ3) is 2.48. The Balaban J connectivity index is 2.14. The van der Waals surface area contributed by atoms with Crippen molar-refractivity contribution >= 4 is 15.9 Å². The first-order chi connectivity index (χ1) is 7.70. The van der Waals surface area contributed by atoms with Crippen molar-refractivity contribution < 1.29 is 0 Å². The Labute approximate surface area is 106 Å². The van der Waals surface area contributed by atoms with Crippen molar-refractivity contribution in [3.63, 3.8) is 0 Å². The van der Waals surface area contributed by atoms with Crippen LogP contribution in [0.15, 0.2) is 10.7 Å². The molecule has 0 saturated heterocycles. The van der Waals surface area contributed by atoms with Gasteiger partial charge < -0.3 is 5.73 Å². The zero-order valence-electron chi connectivity index (χ0n) is 9.82. The highest BCUT2D eigenvalue weighted by Gasteiger charge is 2.24. The lowest BCUT2D eigenvalue weighted by Crippen LogP contribution is -2.24. The number of nitrogens with two attached hydrogens (primary N) is 1. The second-order valence-corrected chi connectivity index (χ2v) is 5.63. The first-order valence-corrected chi connectivity index (χ1v) is 6.92. The Morgan fingerprint density at radius 3 is 2.50 bits per heavy atom. The summed E-state index contributed by atoms with van der Waals surface area (Å²) in [5, 5.41) is 4.25. The summed E-state index contributed by atoms with van der Waals surface area (Å²) in [6.07, 6.45) is 9.76. The molecule has 90 valence electrons. The summed E-state index contributed by atoms with van der Waals surface area (Å²) in [5.74, 6) is 0.620. The Morgan fingerprint density at radius 1 is 1.38 bits per heavy atom. The van der Waals surface area contributed by atoms with E-state index < -0.39 is 0 Å². The minimum absolute atomic E-state index is 0.125. The minimum Gasteiger partial charge on any atom is -0.322 e. The van der Waals surface area contributed by atoms with Crippen molar-refractivity contribution in [2.75, 3.05) is 0 Å². The van der Waals surface area contributed by atoms with E-state index in [1.165, 1.54) is 38.5 Å². The van der Waals surface area contributed by atoms with E-state index in [-0.39, 0.29) is 6.04 Å². The largest absolute Gasteiger partial charge is 0.322 e. The molecule has 2 rings (SSSR count). The van der Waals surface area contributed by atoms with Gasteiger partial charge in [-0.15, -0.1) is 0 Å². The molecule has 1 heterocycles. The molecule has 1 aliphatic rings. The molecule has 1 saturated carbocycles. The number of hydrogen-bond donors (Lipinski definition) is 1. The number of hydrogen-bond acceptors (Lipinski definition) is 2. The summed E-state index contributed by atoms with van der Waals surface area (Å²) in [4.78, 5) is 0. The summed E-state index contributed by atoms with van der Waals surface area (Å²) < 4.78 is 2.95. The van der Waals surface area contributed by atoms with Crippen LogP contribution in [0.25, 0.3) is 0 Å². The lowest BCUT2D eigenvalue weighted by molar-refractivity contribution is 0.367. The molecular formula is C12H20BrN3. The summed E-state index contributed by atoms with van der Waals surface area (Å²) in [5.41, 5.74) is 7.54. The van der Waals surface area contributed by atoms with Crippen LogP contribution in [0.4, 0.5) is 0 Å². The van der Waals surface area contributed by atoms with Gasteiger partial charge in [-0.2, -0.15) is 5.10 Å². The van der Waals surface area contributed by atoms with E-state index in [4.69, 9.17) is 5.73 Å². The minimum atomic E-state index is 0.125. The second kappa shape index (κ2) is 5.32.